The van der Waals surface area contributed by atoms with Crippen molar-refractivity contribution in [3.8, 4) is 0 Å². The van der Waals surface area contributed by atoms with Gasteiger partial charge in [-0.2, -0.15) is 0 Å². The highest BCUT2D eigenvalue weighted by atomic mass is 32.2. The lowest BCUT2D eigenvalue weighted by Gasteiger charge is -2.22. The number of hydrogen-bond acceptors (Lipinski definition) is 7. The molecule has 1 aliphatic heterocycles. The van der Waals surface area contributed by atoms with Gasteiger partial charge in [-0.15, -0.1) is 0 Å². The third-order valence-electron chi connectivity index (χ3n) is 5.72. The summed E-state index contributed by atoms with van der Waals surface area (Å²) in [5.74, 6) is -2.29. The first-order valence-electron chi connectivity index (χ1n) is 10.7. The number of fused-ring (bicyclic) bond motifs is 1. The lowest BCUT2D eigenvalue weighted by atomic mass is 9.90. The highest BCUT2D eigenvalue weighted by molar-refractivity contribution is 7.89. The van der Waals surface area contributed by atoms with Crippen molar-refractivity contribution in [2.45, 2.75) is 17.4 Å². The van der Waals surface area contributed by atoms with E-state index >= 15 is 0 Å². The number of nitrogens with zero attached hydrogens (tertiary/aromatic N) is 1. The second kappa shape index (κ2) is 9.40. The quantitative estimate of drug-likeness (QED) is 0.319. The topological polar surface area (TPSA) is 165 Å². The fourth-order valence-electron chi connectivity index (χ4n) is 3.78. The summed E-state index contributed by atoms with van der Waals surface area (Å²) in [6.45, 7) is 0.197. The second-order valence-electron chi connectivity index (χ2n) is 8.29. The number of anilines is 1. The molecule has 1 saturated heterocycles. The number of urea groups is 1. The van der Waals surface area contributed by atoms with Gasteiger partial charge in [0.15, 0.2) is 6.61 Å². The number of sulfonamides is 1. The Morgan fingerprint density at radius 2 is 1.69 bits per heavy atom. The van der Waals surface area contributed by atoms with Gasteiger partial charge in [0.05, 0.1) is 4.90 Å². The number of esters is 1. The predicted octanol–water partition coefficient (Wildman–Crippen LogP) is 1.44. The first kappa shape index (κ1) is 24.8. The average Bonchev–Trinajstić information content (AvgIpc) is 3.06. The molecule has 12 heteroatoms. The number of rotatable bonds is 7. The molecule has 4 rings (SSSR count). The zero-order chi connectivity index (χ0) is 26.1. The van der Waals surface area contributed by atoms with Crippen molar-refractivity contribution in [1.82, 2.24) is 10.2 Å². The summed E-state index contributed by atoms with van der Waals surface area (Å²) in [5, 5.41) is 11.9. The number of primary sulfonamides is 1. The van der Waals surface area contributed by atoms with E-state index in [1.54, 1.807) is 19.1 Å². The van der Waals surface area contributed by atoms with Crippen LogP contribution in [-0.2, 0) is 34.7 Å². The second-order valence-corrected chi connectivity index (χ2v) is 9.85. The van der Waals surface area contributed by atoms with Crippen LogP contribution in [0.3, 0.4) is 0 Å². The fraction of sp³-hybridized carbons (Fsp3) is 0.167. The number of benzene rings is 3. The van der Waals surface area contributed by atoms with Crippen molar-refractivity contribution in [2.24, 2.45) is 5.14 Å². The summed E-state index contributed by atoms with van der Waals surface area (Å²) in [7, 11) is -3.87. The Balaban J connectivity index is 1.35. The maximum absolute atomic E-state index is 13.1. The lowest BCUT2D eigenvalue weighted by molar-refractivity contribution is -0.150. The van der Waals surface area contributed by atoms with Crippen LogP contribution < -0.4 is 15.8 Å². The minimum atomic E-state index is -3.87. The van der Waals surface area contributed by atoms with Crippen LogP contribution in [0.1, 0.15) is 12.5 Å². The minimum absolute atomic E-state index is 0.129. The highest BCUT2D eigenvalue weighted by Crippen LogP contribution is 2.31. The van der Waals surface area contributed by atoms with Gasteiger partial charge in [-0.25, -0.2) is 18.4 Å². The summed E-state index contributed by atoms with van der Waals surface area (Å²) in [6, 6.07) is 17.2. The molecular formula is C24H22N4O7S. The highest BCUT2D eigenvalue weighted by Gasteiger charge is 2.49. The van der Waals surface area contributed by atoms with E-state index in [4.69, 9.17) is 9.88 Å². The molecular weight excluding hydrogens is 488 g/mol. The van der Waals surface area contributed by atoms with Crippen molar-refractivity contribution in [2.75, 3.05) is 18.5 Å². The molecule has 3 aromatic carbocycles. The van der Waals surface area contributed by atoms with Gasteiger partial charge in [0, 0.05) is 5.69 Å². The van der Waals surface area contributed by atoms with E-state index in [0.29, 0.717) is 5.56 Å². The number of nitrogens with one attached hydrogen (secondary N) is 2. The minimum Gasteiger partial charge on any atom is -0.454 e. The van der Waals surface area contributed by atoms with Gasteiger partial charge in [-0.3, -0.25) is 19.3 Å². The molecule has 36 heavy (non-hydrogen) atoms. The van der Waals surface area contributed by atoms with Crippen molar-refractivity contribution >= 4 is 50.3 Å². The summed E-state index contributed by atoms with van der Waals surface area (Å²) >= 11 is 0. The van der Waals surface area contributed by atoms with Crippen molar-refractivity contribution in [1.29, 1.82) is 0 Å². The number of ether oxygens (including phenoxy) is 1. The maximum Gasteiger partial charge on any atom is 0.326 e. The van der Waals surface area contributed by atoms with E-state index in [1.165, 1.54) is 24.3 Å². The van der Waals surface area contributed by atoms with E-state index < -0.39 is 52.5 Å². The van der Waals surface area contributed by atoms with E-state index in [0.717, 1.165) is 15.7 Å². The molecule has 0 aromatic heterocycles. The normalized spacial score (nSPS) is 17.7. The molecule has 0 radical (unpaired) electrons. The van der Waals surface area contributed by atoms with Gasteiger partial charge >= 0.3 is 12.0 Å². The third kappa shape index (κ3) is 5.04. The number of carbonyl (C=O) groups is 4. The van der Waals surface area contributed by atoms with Crippen LogP contribution in [0.5, 0.6) is 0 Å². The van der Waals surface area contributed by atoms with E-state index in [2.05, 4.69) is 10.6 Å². The Kier molecular flexibility index (Phi) is 6.48. The summed E-state index contributed by atoms with van der Waals surface area (Å²) in [4.78, 5) is 50.5. The molecule has 0 unspecified atom stereocenters. The molecule has 1 heterocycles. The maximum atomic E-state index is 13.1. The van der Waals surface area contributed by atoms with Gasteiger partial charge in [0.2, 0.25) is 10.0 Å². The SMILES string of the molecule is C[C@@]1(c2ccc3ccccc3c2)NC(=O)N(CC(=O)OCC(=O)Nc2ccc(S(N)(=O)=O)cc2)C1=O. The van der Waals surface area contributed by atoms with Crippen molar-refractivity contribution < 1.29 is 32.3 Å². The third-order valence-corrected chi connectivity index (χ3v) is 6.65. The Bertz CT molecular complexity index is 1490. The number of imide groups is 1. The van der Waals surface area contributed by atoms with Crippen LogP contribution in [0.2, 0.25) is 0 Å². The number of carbonyl (C=O) groups excluding carboxylic acids is 4. The van der Waals surface area contributed by atoms with Gasteiger partial charge < -0.3 is 15.4 Å². The first-order chi connectivity index (χ1) is 17.0. The molecule has 1 atom stereocenters. The fourth-order valence-corrected chi connectivity index (χ4v) is 4.30. The monoisotopic (exact) mass is 510 g/mol. The van der Waals surface area contributed by atoms with Gasteiger partial charge in [-0.1, -0.05) is 36.4 Å². The average molecular weight is 511 g/mol. The smallest absolute Gasteiger partial charge is 0.326 e. The predicted molar refractivity (Wildman–Crippen MR) is 129 cm³/mol. The molecule has 1 fully saturated rings. The molecule has 3 aromatic rings. The summed E-state index contributed by atoms with van der Waals surface area (Å²) in [5.41, 5.74) is -0.561. The zero-order valence-electron chi connectivity index (χ0n) is 19.1. The molecule has 1 aliphatic rings. The molecule has 186 valence electrons. The Morgan fingerprint density at radius 1 is 1.03 bits per heavy atom. The Labute approximate surface area is 206 Å². The molecule has 0 aliphatic carbocycles. The lowest BCUT2D eigenvalue weighted by Crippen LogP contribution is -2.41. The first-order valence-corrected chi connectivity index (χ1v) is 12.2. The Morgan fingerprint density at radius 3 is 2.36 bits per heavy atom. The summed E-state index contributed by atoms with van der Waals surface area (Å²) < 4.78 is 27.5. The van der Waals surface area contributed by atoms with E-state index in [1.807, 2.05) is 30.3 Å². The van der Waals surface area contributed by atoms with Crippen molar-refractivity contribution in [3.05, 3.63) is 72.3 Å². The molecule has 0 saturated carbocycles. The van der Waals surface area contributed by atoms with Crippen molar-refractivity contribution in [3.63, 3.8) is 0 Å². The van der Waals surface area contributed by atoms with E-state index in [-0.39, 0.29) is 10.6 Å². The standard InChI is InChI=1S/C24H22N4O7S/c1-24(17-7-6-15-4-2-3-5-16(15)12-17)22(31)28(23(32)27-24)13-21(30)35-14-20(29)26-18-8-10-19(11-9-18)36(25,33)34/h2-12H,13-14H2,1H3,(H,26,29)(H,27,32)(H2,25,33,34)/t24-/m0/s1. The molecule has 0 bridgehead atoms. The zero-order valence-corrected chi connectivity index (χ0v) is 19.9. The van der Waals surface area contributed by atoms with Crippen LogP contribution in [0, 0.1) is 0 Å². The van der Waals surface area contributed by atoms with Crippen LogP contribution in [0.4, 0.5) is 10.5 Å². The molecule has 4 N–H and O–H groups in total. The largest absolute Gasteiger partial charge is 0.454 e. The van der Waals surface area contributed by atoms with Gasteiger partial charge in [0.1, 0.15) is 12.1 Å². The number of hydrogen-bond donors (Lipinski definition) is 3. The number of nitrogens with two attached hydrogens (primary N) is 1. The van der Waals surface area contributed by atoms with Gasteiger partial charge in [-0.05, 0) is 53.6 Å². The Hall–Kier alpha value is -4.29. The van der Waals surface area contributed by atoms with Gasteiger partial charge in [0.25, 0.3) is 11.8 Å². The van der Waals surface area contributed by atoms with Crippen LogP contribution in [-0.4, -0.2) is 50.3 Å². The van der Waals surface area contributed by atoms with Crippen LogP contribution >= 0.6 is 0 Å². The molecule has 0 spiro atoms. The van der Waals surface area contributed by atoms with Crippen LogP contribution in [0.15, 0.2) is 71.6 Å². The molecule has 4 amide bonds. The van der Waals surface area contributed by atoms with Crippen LogP contribution in [0.25, 0.3) is 10.8 Å². The molecule has 11 nitrogen and oxygen atoms in total. The van der Waals surface area contributed by atoms with E-state index in [9.17, 15) is 27.6 Å². The summed E-state index contributed by atoms with van der Waals surface area (Å²) in [6.07, 6.45) is 0. The number of amides is 4.